The first-order valence-electron chi connectivity index (χ1n) is 9.63. The van der Waals surface area contributed by atoms with Crippen LogP contribution in [-0.2, 0) is 13.1 Å². The van der Waals surface area contributed by atoms with Gasteiger partial charge in [0.15, 0.2) is 17.5 Å². The van der Waals surface area contributed by atoms with Gasteiger partial charge in [0.05, 0.1) is 14.2 Å². The van der Waals surface area contributed by atoms with E-state index in [0.29, 0.717) is 42.7 Å². The first-order chi connectivity index (χ1) is 14.1. The molecule has 0 aliphatic heterocycles. The maximum Gasteiger partial charge on any atom is 0.251 e. The second kappa shape index (κ2) is 11.6. The summed E-state index contributed by atoms with van der Waals surface area (Å²) in [5.74, 6) is 2.00. The van der Waals surface area contributed by atoms with E-state index in [-0.39, 0.29) is 5.91 Å². The Morgan fingerprint density at radius 3 is 2.24 bits per heavy atom. The number of amides is 1. The number of nitrogens with zero attached hydrogens (tertiary/aromatic N) is 1. The third kappa shape index (κ3) is 6.71. The highest BCUT2D eigenvalue weighted by atomic mass is 16.5. The maximum absolute atomic E-state index is 12.1. The Labute approximate surface area is 172 Å². The van der Waals surface area contributed by atoms with Crippen molar-refractivity contribution >= 4 is 11.9 Å². The van der Waals surface area contributed by atoms with Crippen LogP contribution in [0.1, 0.15) is 34.8 Å². The molecule has 0 heterocycles. The van der Waals surface area contributed by atoms with Crippen LogP contribution in [0.2, 0.25) is 0 Å². The van der Waals surface area contributed by atoms with Crippen molar-refractivity contribution in [2.75, 3.05) is 27.8 Å². The number of aliphatic imine (C=N–C) groups is 1. The van der Waals surface area contributed by atoms with Gasteiger partial charge in [-0.15, -0.1) is 0 Å². The van der Waals surface area contributed by atoms with Crippen LogP contribution in [0.3, 0.4) is 0 Å². The fourth-order valence-corrected chi connectivity index (χ4v) is 2.75. The number of hydrogen-bond acceptors (Lipinski definition) is 4. The van der Waals surface area contributed by atoms with E-state index in [1.165, 1.54) is 0 Å². The molecule has 2 aromatic carbocycles. The zero-order valence-electron chi connectivity index (χ0n) is 17.5. The summed E-state index contributed by atoms with van der Waals surface area (Å²) in [4.78, 5) is 16.4. The lowest BCUT2D eigenvalue weighted by Crippen LogP contribution is -2.36. The molecule has 0 saturated carbocycles. The molecule has 0 fully saturated rings. The van der Waals surface area contributed by atoms with Crippen molar-refractivity contribution < 1.29 is 14.3 Å². The van der Waals surface area contributed by atoms with E-state index in [4.69, 9.17) is 9.47 Å². The van der Waals surface area contributed by atoms with Gasteiger partial charge in [0.25, 0.3) is 5.91 Å². The van der Waals surface area contributed by atoms with Crippen molar-refractivity contribution in [3.63, 3.8) is 0 Å². The molecule has 0 unspecified atom stereocenters. The lowest BCUT2D eigenvalue weighted by atomic mass is 10.1. The Balaban J connectivity index is 1.92. The van der Waals surface area contributed by atoms with Crippen LogP contribution in [0.25, 0.3) is 0 Å². The summed E-state index contributed by atoms with van der Waals surface area (Å²) in [6.45, 7) is 3.84. The molecule has 7 heteroatoms. The molecule has 2 rings (SSSR count). The molecule has 0 aromatic heterocycles. The second-order valence-corrected chi connectivity index (χ2v) is 6.42. The van der Waals surface area contributed by atoms with Crippen molar-refractivity contribution in [3.8, 4) is 11.5 Å². The Morgan fingerprint density at radius 2 is 1.62 bits per heavy atom. The first-order valence-corrected chi connectivity index (χ1v) is 9.63. The Hall–Kier alpha value is -3.22. The first kappa shape index (κ1) is 22.1. The van der Waals surface area contributed by atoms with Gasteiger partial charge in [0, 0.05) is 32.2 Å². The van der Waals surface area contributed by atoms with Crippen LogP contribution in [0.15, 0.2) is 47.5 Å². The van der Waals surface area contributed by atoms with Gasteiger partial charge < -0.3 is 25.4 Å². The molecule has 0 radical (unpaired) electrons. The van der Waals surface area contributed by atoms with Gasteiger partial charge in [-0.2, -0.15) is 0 Å². The predicted octanol–water partition coefficient (Wildman–Crippen LogP) is 2.71. The van der Waals surface area contributed by atoms with Gasteiger partial charge in [0.1, 0.15) is 0 Å². The third-order valence-corrected chi connectivity index (χ3v) is 4.32. The van der Waals surface area contributed by atoms with E-state index in [1.54, 1.807) is 21.3 Å². The minimum atomic E-state index is -0.0512. The number of ether oxygens (including phenoxy) is 2. The Bertz CT molecular complexity index is 837. The summed E-state index contributed by atoms with van der Waals surface area (Å²) >= 11 is 0. The molecule has 0 aliphatic rings. The number of hydrogen-bond donors (Lipinski definition) is 3. The van der Waals surface area contributed by atoms with Gasteiger partial charge in [-0.25, -0.2) is 0 Å². The van der Waals surface area contributed by atoms with Crippen molar-refractivity contribution in [2.45, 2.75) is 26.4 Å². The predicted molar refractivity (Wildman–Crippen MR) is 116 cm³/mol. The number of benzene rings is 2. The van der Waals surface area contributed by atoms with Crippen LogP contribution in [-0.4, -0.2) is 39.7 Å². The molecule has 1 amide bonds. The summed E-state index contributed by atoms with van der Waals surface area (Å²) in [5.41, 5.74) is 2.70. The highest BCUT2D eigenvalue weighted by Crippen LogP contribution is 2.27. The summed E-state index contributed by atoms with van der Waals surface area (Å²) in [6, 6.07) is 13.3. The van der Waals surface area contributed by atoms with Crippen LogP contribution in [0.4, 0.5) is 0 Å². The van der Waals surface area contributed by atoms with Gasteiger partial charge in [-0.05, 0) is 41.8 Å². The number of methoxy groups -OCH3 is 2. The van der Waals surface area contributed by atoms with Gasteiger partial charge in [0.2, 0.25) is 0 Å². The third-order valence-electron chi connectivity index (χ3n) is 4.32. The van der Waals surface area contributed by atoms with Crippen molar-refractivity contribution in [2.24, 2.45) is 4.99 Å². The van der Waals surface area contributed by atoms with E-state index in [9.17, 15) is 4.79 Å². The summed E-state index contributed by atoms with van der Waals surface area (Å²) in [5, 5.41) is 9.43. The zero-order valence-corrected chi connectivity index (χ0v) is 17.5. The SMILES string of the molecule is CCCNC(=O)c1cccc(CNC(=NC)NCc2ccc(OC)c(OC)c2)c1. The highest BCUT2D eigenvalue weighted by molar-refractivity contribution is 5.94. The largest absolute Gasteiger partial charge is 0.493 e. The van der Waals surface area contributed by atoms with Crippen LogP contribution in [0, 0.1) is 0 Å². The molecule has 0 saturated heterocycles. The fraction of sp³-hybridized carbons (Fsp3) is 0.364. The molecule has 0 atom stereocenters. The average molecular weight is 399 g/mol. The molecule has 2 aromatic rings. The average Bonchev–Trinajstić information content (AvgIpc) is 2.77. The Morgan fingerprint density at radius 1 is 0.931 bits per heavy atom. The summed E-state index contributed by atoms with van der Waals surface area (Å²) in [6.07, 6.45) is 0.912. The fourth-order valence-electron chi connectivity index (χ4n) is 2.75. The minimum absolute atomic E-state index is 0.0512. The smallest absolute Gasteiger partial charge is 0.251 e. The van der Waals surface area contributed by atoms with Crippen molar-refractivity contribution in [1.29, 1.82) is 0 Å². The standard InChI is InChI=1S/C22H30N4O3/c1-5-11-24-21(27)18-8-6-7-16(12-18)14-25-22(23-2)26-15-17-9-10-19(28-3)20(13-17)29-4/h6-10,12-13H,5,11,14-15H2,1-4H3,(H,24,27)(H2,23,25,26). The molecule has 0 bridgehead atoms. The van der Waals surface area contributed by atoms with Gasteiger partial charge in [-0.3, -0.25) is 9.79 Å². The normalized spacial score (nSPS) is 11.0. The molecule has 0 aliphatic carbocycles. The number of rotatable bonds is 9. The number of guanidine groups is 1. The molecular formula is C22H30N4O3. The van der Waals surface area contributed by atoms with E-state index in [1.807, 2.05) is 49.4 Å². The van der Waals surface area contributed by atoms with E-state index in [2.05, 4.69) is 20.9 Å². The van der Waals surface area contributed by atoms with E-state index >= 15 is 0 Å². The minimum Gasteiger partial charge on any atom is -0.493 e. The molecular weight excluding hydrogens is 368 g/mol. The number of carbonyl (C=O) groups excluding carboxylic acids is 1. The molecule has 7 nitrogen and oxygen atoms in total. The highest BCUT2D eigenvalue weighted by Gasteiger charge is 2.07. The second-order valence-electron chi connectivity index (χ2n) is 6.42. The monoisotopic (exact) mass is 398 g/mol. The lowest BCUT2D eigenvalue weighted by Gasteiger charge is -2.14. The molecule has 29 heavy (non-hydrogen) atoms. The molecule has 156 valence electrons. The molecule has 3 N–H and O–H groups in total. The summed E-state index contributed by atoms with van der Waals surface area (Å²) in [7, 11) is 4.95. The lowest BCUT2D eigenvalue weighted by molar-refractivity contribution is 0.0953. The molecule has 0 spiro atoms. The number of carbonyl (C=O) groups is 1. The number of nitrogens with one attached hydrogen (secondary N) is 3. The van der Waals surface area contributed by atoms with E-state index in [0.717, 1.165) is 17.5 Å². The van der Waals surface area contributed by atoms with Crippen LogP contribution in [0.5, 0.6) is 11.5 Å². The Kier molecular flexibility index (Phi) is 8.82. The van der Waals surface area contributed by atoms with Crippen molar-refractivity contribution in [1.82, 2.24) is 16.0 Å². The van der Waals surface area contributed by atoms with Gasteiger partial charge >= 0.3 is 0 Å². The van der Waals surface area contributed by atoms with Crippen LogP contribution >= 0.6 is 0 Å². The van der Waals surface area contributed by atoms with Crippen molar-refractivity contribution in [3.05, 3.63) is 59.2 Å². The maximum atomic E-state index is 12.1. The van der Waals surface area contributed by atoms with Gasteiger partial charge in [-0.1, -0.05) is 25.1 Å². The van der Waals surface area contributed by atoms with E-state index < -0.39 is 0 Å². The zero-order chi connectivity index (χ0) is 21.1. The topological polar surface area (TPSA) is 84.0 Å². The summed E-state index contributed by atoms with van der Waals surface area (Å²) < 4.78 is 10.6. The quantitative estimate of drug-likeness (QED) is 0.447. The van der Waals surface area contributed by atoms with Crippen LogP contribution < -0.4 is 25.4 Å².